The highest BCUT2D eigenvalue weighted by Gasteiger charge is 1.96. The van der Waals surface area contributed by atoms with E-state index in [0.29, 0.717) is 5.56 Å². The smallest absolute Gasteiger partial charge is 0.254 e. The van der Waals surface area contributed by atoms with Crippen LogP contribution in [0.2, 0.25) is 0 Å². The molecule has 5 heteroatoms. The first-order valence-corrected chi connectivity index (χ1v) is 5.76. The van der Waals surface area contributed by atoms with Crippen molar-refractivity contribution in [2.24, 2.45) is 0 Å². The van der Waals surface area contributed by atoms with Gasteiger partial charge in [-0.2, -0.15) is 0 Å². The molecular weight excluding hydrogens is 212 g/mol. The number of aromatic hydroxyl groups is 1. The molecule has 0 atom stereocenters. The van der Waals surface area contributed by atoms with Crippen LogP contribution in [0.5, 0.6) is 5.75 Å². The lowest BCUT2D eigenvalue weighted by Gasteiger charge is -1.93. The summed E-state index contributed by atoms with van der Waals surface area (Å²) < 4.78 is 21.0. The Labute approximate surface area is 80.7 Å². The average molecular weight is 219 g/mol. The Morgan fingerprint density at radius 2 is 2.08 bits per heavy atom. The summed E-state index contributed by atoms with van der Waals surface area (Å²) in [5.74, 6) is 0.0779. The van der Waals surface area contributed by atoms with Gasteiger partial charge in [0.25, 0.3) is 9.05 Å². The molecule has 0 amide bonds. The molecule has 0 unspecified atom stereocenters. The van der Waals surface area contributed by atoms with E-state index in [0.717, 1.165) is 5.41 Å². The Morgan fingerprint density at radius 3 is 2.62 bits per heavy atom. The maximum atomic E-state index is 10.5. The van der Waals surface area contributed by atoms with Crippen LogP contribution in [0, 0.1) is 0 Å². The van der Waals surface area contributed by atoms with Crippen LogP contribution in [0.25, 0.3) is 6.08 Å². The summed E-state index contributed by atoms with van der Waals surface area (Å²) in [6, 6.07) is 6.18. The molecule has 0 aromatic heterocycles. The van der Waals surface area contributed by atoms with Crippen LogP contribution in [0.3, 0.4) is 0 Å². The molecule has 1 N–H and O–H groups in total. The minimum Gasteiger partial charge on any atom is -0.508 e. The van der Waals surface area contributed by atoms with Gasteiger partial charge >= 0.3 is 0 Å². The molecule has 0 saturated heterocycles. The molecule has 3 nitrogen and oxygen atoms in total. The van der Waals surface area contributed by atoms with Gasteiger partial charge in [0.2, 0.25) is 0 Å². The van der Waals surface area contributed by atoms with Crippen LogP contribution < -0.4 is 0 Å². The van der Waals surface area contributed by atoms with Crippen LogP contribution in [0.4, 0.5) is 0 Å². The first kappa shape index (κ1) is 10.1. The molecule has 0 aliphatic heterocycles. The number of phenolic OH excluding ortho intramolecular Hbond substituents is 1. The van der Waals surface area contributed by atoms with Gasteiger partial charge in [-0.1, -0.05) is 12.1 Å². The fourth-order valence-corrected chi connectivity index (χ4v) is 1.26. The van der Waals surface area contributed by atoms with Crippen molar-refractivity contribution in [1.82, 2.24) is 0 Å². The summed E-state index contributed by atoms with van der Waals surface area (Å²) in [5, 5.41) is 9.89. The Hall–Kier alpha value is -1.00. The highest BCUT2D eigenvalue weighted by Crippen LogP contribution is 2.13. The van der Waals surface area contributed by atoms with Gasteiger partial charge in [-0.15, -0.1) is 0 Å². The molecule has 0 heterocycles. The van der Waals surface area contributed by atoms with Crippen molar-refractivity contribution in [3.8, 4) is 5.75 Å². The molecule has 70 valence electrons. The monoisotopic (exact) mass is 218 g/mol. The number of halogens is 1. The minimum atomic E-state index is -3.63. The molecule has 1 rings (SSSR count). The van der Waals surface area contributed by atoms with Crippen molar-refractivity contribution < 1.29 is 13.5 Å². The number of hydrogen-bond acceptors (Lipinski definition) is 3. The van der Waals surface area contributed by atoms with E-state index < -0.39 is 9.05 Å². The van der Waals surface area contributed by atoms with Crippen molar-refractivity contribution in [2.75, 3.05) is 0 Å². The van der Waals surface area contributed by atoms with Crippen LogP contribution >= 0.6 is 10.7 Å². The lowest BCUT2D eigenvalue weighted by Crippen LogP contribution is -1.79. The fourth-order valence-electron chi connectivity index (χ4n) is 0.788. The highest BCUT2D eigenvalue weighted by atomic mass is 35.7. The average Bonchev–Trinajstić information content (AvgIpc) is 2.00. The van der Waals surface area contributed by atoms with Crippen LogP contribution in [-0.4, -0.2) is 13.5 Å². The number of hydrogen-bond donors (Lipinski definition) is 1. The molecule has 0 radical (unpaired) electrons. The Kier molecular flexibility index (Phi) is 2.95. The standard InChI is InChI=1S/C8H7ClO3S/c9-13(11,12)5-4-7-2-1-3-8(10)6-7/h1-6,10H/b5-4-. The summed E-state index contributed by atoms with van der Waals surface area (Å²) in [4.78, 5) is 0. The topological polar surface area (TPSA) is 54.4 Å². The van der Waals surface area contributed by atoms with Crippen molar-refractivity contribution >= 4 is 25.8 Å². The van der Waals surface area contributed by atoms with Crippen molar-refractivity contribution in [3.05, 3.63) is 35.2 Å². The van der Waals surface area contributed by atoms with Crippen molar-refractivity contribution in [1.29, 1.82) is 0 Å². The third kappa shape index (κ3) is 3.96. The van der Waals surface area contributed by atoms with E-state index in [2.05, 4.69) is 0 Å². The van der Waals surface area contributed by atoms with E-state index in [4.69, 9.17) is 15.8 Å². The van der Waals surface area contributed by atoms with Crippen molar-refractivity contribution in [3.63, 3.8) is 0 Å². The molecular formula is C8H7ClO3S. The summed E-state index contributed by atoms with van der Waals surface area (Å²) in [5.41, 5.74) is 0.573. The van der Waals surface area contributed by atoms with Crippen LogP contribution in [0.15, 0.2) is 29.7 Å². The van der Waals surface area contributed by atoms with Gasteiger partial charge in [-0.05, 0) is 23.8 Å². The zero-order chi connectivity index (χ0) is 9.90. The van der Waals surface area contributed by atoms with E-state index in [1.165, 1.54) is 18.2 Å². The quantitative estimate of drug-likeness (QED) is 0.772. The summed E-state index contributed by atoms with van der Waals surface area (Å²) in [7, 11) is 1.32. The first-order valence-electron chi connectivity index (χ1n) is 3.39. The van der Waals surface area contributed by atoms with Crippen LogP contribution in [0.1, 0.15) is 5.56 Å². The normalized spacial score (nSPS) is 12.1. The fraction of sp³-hybridized carbons (Fsp3) is 0. The van der Waals surface area contributed by atoms with Gasteiger partial charge in [-0.25, -0.2) is 8.42 Å². The lowest BCUT2D eigenvalue weighted by atomic mass is 10.2. The van der Waals surface area contributed by atoms with Gasteiger partial charge in [0.1, 0.15) is 5.75 Å². The zero-order valence-electron chi connectivity index (χ0n) is 6.51. The molecule has 0 saturated carbocycles. The molecule has 1 aromatic rings. The minimum absolute atomic E-state index is 0.0779. The maximum absolute atomic E-state index is 10.5. The Morgan fingerprint density at radius 1 is 1.38 bits per heavy atom. The second kappa shape index (κ2) is 3.81. The van der Waals surface area contributed by atoms with E-state index in [1.54, 1.807) is 12.1 Å². The summed E-state index contributed by atoms with van der Waals surface area (Å²) in [6.07, 6.45) is 1.31. The van der Waals surface area contributed by atoms with Gasteiger partial charge in [0.05, 0.1) is 0 Å². The molecule has 0 bridgehead atoms. The number of benzene rings is 1. The van der Waals surface area contributed by atoms with E-state index in [1.807, 2.05) is 0 Å². The van der Waals surface area contributed by atoms with Gasteiger partial charge in [-0.3, -0.25) is 0 Å². The van der Waals surface area contributed by atoms with E-state index in [-0.39, 0.29) is 5.75 Å². The second-order valence-corrected chi connectivity index (χ2v) is 4.89. The predicted molar refractivity (Wildman–Crippen MR) is 51.9 cm³/mol. The third-order valence-electron chi connectivity index (χ3n) is 1.29. The first-order chi connectivity index (χ1) is 5.97. The molecule has 0 aliphatic rings. The summed E-state index contributed by atoms with van der Waals surface area (Å²) >= 11 is 0. The molecule has 0 aliphatic carbocycles. The number of phenols is 1. The number of rotatable bonds is 2. The zero-order valence-corrected chi connectivity index (χ0v) is 8.09. The third-order valence-corrected chi connectivity index (χ3v) is 2.06. The van der Waals surface area contributed by atoms with Gasteiger partial charge in [0, 0.05) is 16.1 Å². The molecule has 0 fully saturated rings. The van der Waals surface area contributed by atoms with E-state index >= 15 is 0 Å². The lowest BCUT2D eigenvalue weighted by molar-refractivity contribution is 0.475. The van der Waals surface area contributed by atoms with Gasteiger partial charge < -0.3 is 5.11 Å². The largest absolute Gasteiger partial charge is 0.508 e. The maximum Gasteiger partial charge on any atom is 0.254 e. The van der Waals surface area contributed by atoms with Crippen molar-refractivity contribution in [2.45, 2.75) is 0 Å². The van der Waals surface area contributed by atoms with Crippen LogP contribution in [-0.2, 0) is 9.05 Å². The van der Waals surface area contributed by atoms with Gasteiger partial charge in [0.15, 0.2) is 0 Å². The molecule has 1 aromatic carbocycles. The van der Waals surface area contributed by atoms with E-state index in [9.17, 15) is 8.42 Å². The highest BCUT2D eigenvalue weighted by molar-refractivity contribution is 8.16. The second-order valence-electron chi connectivity index (χ2n) is 2.37. The Bertz CT molecular complexity index is 423. The predicted octanol–water partition coefficient (Wildman–Crippen LogP) is 1.93. The Balaban J connectivity index is 2.93. The molecule has 13 heavy (non-hydrogen) atoms. The summed E-state index contributed by atoms with van der Waals surface area (Å²) in [6.45, 7) is 0. The SMILES string of the molecule is O=S(=O)(Cl)/C=C\c1cccc(O)c1. The molecule has 0 spiro atoms.